The lowest BCUT2D eigenvalue weighted by molar-refractivity contribution is 0.0600. The fourth-order valence-electron chi connectivity index (χ4n) is 3.75. The Hall–Kier alpha value is -3.48. The van der Waals surface area contributed by atoms with Crippen LogP contribution in [0.25, 0.3) is 0 Å². The Morgan fingerprint density at radius 1 is 1.07 bits per heavy atom. The largest absolute Gasteiger partial charge is 0.465 e. The van der Waals surface area contributed by atoms with E-state index in [1.54, 1.807) is 29.2 Å². The van der Waals surface area contributed by atoms with Crippen LogP contribution in [0.15, 0.2) is 54.6 Å². The zero-order chi connectivity index (χ0) is 20.4. The molecule has 1 aliphatic rings. The van der Waals surface area contributed by atoms with Crippen molar-refractivity contribution in [2.24, 2.45) is 0 Å². The number of hydrogen-bond donors (Lipinski definition) is 0. The van der Waals surface area contributed by atoms with Crippen molar-refractivity contribution in [2.45, 2.75) is 25.9 Å². The van der Waals surface area contributed by atoms with Gasteiger partial charge < -0.3 is 14.2 Å². The summed E-state index contributed by atoms with van der Waals surface area (Å²) in [4.78, 5) is 26.5. The average molecular weight is 390 g/mol. The van der Waals surface area contributed by atoms with Crippen molar-refractivity contribution < 1.29 is 14.3 Å². The number of ether oxygens (including phenoxy) is 1. The highest BCUT2D eigenvalue weighted by Gasteiger charge is 2.30. The van der Waals surface area contributed by atoms with Crippen molar-refractivity contribution in [1.82, 2.24) is 19.7 Å². The number of fused-ring (bicyclic) bond motifs is 1. The zero-order valence-electron chi connectivity index (χ0n) is 16.4. The van der Waals surface area contributed by atoms with Gasteiger partial charge in [-0.1, -0.05) is 36.4 Å². The zero-order valence-corrected chi connectivity index (χ0v) is 16.4. The van der Waals surface area contributed by atoms with E-state index in [0.29, 0.717) is 30.6 Å². The van der Waals surface area contributed by atoms with Gasteiger partial charge in [-0.05, 0) is 30.7 Å². The Balaban J connectivity index is 1.55. The number of carbonyl (C=O) groups excluding carboxylic acids is 2. The first-order chi connectivity index (χ1) is 14.1. The van der Waals surface area contributed by atoms with E-state index in [2.05, 4.69) is 33.8 Å². The molecule has 0 fully saturated rings. The van der Waals surface area contributed by atoms with Crippen molar-refractivity contribution in [2.75, 3.05) is 13.7 Å². The molecule has 0 saturated carbocycles. The first kappa shape index (κ1) is 18.9. The maximum Gasteiger partial charge on any atom is 0.337 e. The van der Waals surface area contributed by atoms with Gasteiger partial charge in [-0.3, -0.25) is 4.79 Å². The second-order valence-electron chi connectivity index (χ2n) is 7.17. The normalized spacial score (nSPS) is 15.7. The number of benzene rings is 2. The Morgan fingerprint density at radius 3 is 2.59 bits per heavy atom. The minimum absolute atomic E-state index is 0.0557. The van der Waals surface area contributed by atoms with Crippen LogP contribution in [0, 0.1) is 0 Å². The van der Waals surface area contributed by atoms with E-state index in [1.165, 1.54) is 12.7 Å². The molecule has 0 bridgehead atoms. The number of methoxy groups -OCH3 is 1. The molecule has 7 heteroatoms. The van der Waals surface area contributed by atoms with Gasteiger partial charge in [-0.2, -0.15) is 0 Å². The van der Waals surface area contributed by atoms with Crippen molar-refractivity contribution in [3.63, 3.8) is 0 Å². The highest BCUT2D eigenvalue weighted by atomic mass is 16.5. The van der Waals surface area contributed by atoms with E-state index < -0.39 is 5.97 Å². The summed E-state index contributed by atoms with van der Waals surface area (Å²) in [6.45, 7) is 2.99. The molecule has 3 aromatic rings. The smallest absolute Gasteiger partial charge is 0.337 e. The molecule has 0 saturated heterocycles. The number of carbonyl (C=O) groups is 2. The number of nitrogens with zero attached hydrogens (tertiary/aromatic N) is 4. The summed E-state index contributed by atoms with van der Waals surface area (Å²) in [5.41, 5.74) is 1.99. The third-order valence-corrected chi connectivity index (χ3v) is 5.12. The summed E-state index contributed by atoms with van der Waals surface area (Å²) >= 11 is 0. The van der Waals surface area contributed by atoms with Crippen LogP contribution in [-0.4, -0.2) is 45.2 Å². The fourth-order valence-corrected chi connectivity index (χ4v) is 3.75. The summed E-state index contributed by atoms with van der Waals surface area (Å²) in [5.74, 6) is 1.07. The minimum atomic E-state index is -0.461. The van der Waals surface area contributed by atoms with Gasteiger partial charge in [0.2, 0.25) is 0 Å². The van der Waals surface area contributed by atoms with Crippen molar-refractivity contribution in [1.29, 1.82) is 0 Å². The number of aromatic nitrogens is 3. The van der Waals surface area contributed by atoms with Crippen LogP contribution in [0.1, 0.15) is 50.9 Å². The lowest BCUT2D eigenvalue weighted by Crippen LogP contribution is -2.40. The van der Waals surface area contributed by atoms with Crippen LogP contribution in [0.5, 0.6) is 0 Å². The molecule has 0 radical (unpaired) electrons. The summed E-state index contributed by atoms with van der Waals surface area (Å²) in [6.07, 6.45) is 0.702. The highest BCUT2D eigenvalue weighted by molar-refractivity contribution is 5.97. The van der Waals surface area contributed by atoms with Crippen molar-refractivity contribution >= 4 is 11.9 Å². The van der Waals surface area contributed by atoms with Gasteiger partial charge in [0.15, 0.2) is 5.82 Å². The SMILES string of the molecule is COC(=O)c1cccc(C(=O)N2Cc3nnc(Cc4ccccc4)n3[C@@H](C)C2)c1. The topological polar surface area (TPSA) is 77.3 Å². The van der Waals surface area contributed by atoms with Crippen LogP contribution in [0.2, 0.25) is 0 Å². The van der Waals surface area contributed by atoms with Crippen LogP contribution in [-0.2, 0) is 17.7 Å². The van der Waals surface area contributed by atoms with E-state index in [9.17, 15) is 9.59 Å². The molecule has 1 amide bonds. The quantitative estimate of drug-likeness (QED) is 0.640. The molecule has 2 aromatic carbocycles. The molecule has 0 spiro atoms. The predicted molar refractivity (Wildman–Crippen MR) is 107 cm³/mol. The molecule has 1 atom stereocenters. The summed E-state index contributed by atoms with van der Waals surface area (Å²) < 4.78 is 6.87. The van der Waals surface area contributed by atoms with Crippen molar-refractivity contribution in [3.8, 4) is 0 Å². The maximum absolute atomic E-state index is 13.0. The van der Waals surface area contributed by atoms with E-state index in [4.69, 9.17) is 4.74 Å². The highest BCUT2D eigenvalue weighted by Crippen LogP contribution is 2.24. The van der Waals surface area contributed by atoms with E-state index in [1.807, 2.05) is 18.2 Å². The minimum Gasteiger partial charge on any atom is -0.465 e. The number of esters is 1. The van der Waals surface area contributed by atoms with Crippen molar-refractivity contribution in [3.05, 3.63) is 82.9 Å². The molecule has 0 aliphatic carbocycles. The van der Waals surface area contributed by atoms with Gasteiger partial charge in [0, 0.05) is 18.5 Å². The van der Waals surface area contributed by atoms with E-state index in [0.717, 1.165) is 11.6 Å². The average Bonchev–Trinajstić information content (AvgIpc) is 3.16. The fraction of sp³-hybridized carbons (Fsp3) is 0.273. The van der Waals surface area contributed by atoms with Crippen LogP contribution >= 0.6 is 0 Å². The maximum atomic E-state index is 13.0. The predicted octanol–water partition coefficient (Wildman–Crippen LogP) is 2.87. The molecular formula is C22H22N4O3. The van der Waals surface area contributed by atoms with E-state index >= 15 is 0 Å². The van der Waals surface area contributed by atoms with Gasteiger partial charge in [0.05, 0.1) is 25.3 Å². The second kappa shape index (κ2) is 7.87. The standard InChI is InChI=1S/C22H22N4O3/c1-15-13-25(21(27)17-9-6-10-18(12-17)22(28)29-2)14-20-24-23-19(26(15)20)11-16-7-4-3-5-8-16/h3-10,12,15H,11,13-14H2,1-2H3/t15-/m0/s1. The van der Waals surface area contributed by atoms with Gasteiger partial charge >= 0.3 is 5.97 Å². The summed E-state index contributed by atoms with van der Waals surface area (Å²) in [6, 6.07) is 16.8. The molecule has 1 aromatic heterocycles. The molecule has 0 unspecified atom stereocenters. The monoisotopic (exact) mass is 390 g/mol. The molecule has 29 heavy (non-hydrogen) atoms. The number of rotatable bonds is 4. The first-order valence-electron chi connectivity index (χ1n) is 9.51. The lowest BCUT2D eigenvalue weighted by atomic mass is 10.1. The van der Waals surface area contributed by atoms with Crippen LogP contribution < -0.4 is 0 Å². The Labute approximate surface area is 168 Å². The Bertz CT molecular complexity index is 1050. The first-order valence-corrected chi connectivity index (χ1v) is 9.51. The second-order valence-corrected chi connectivity index (χ2v) is 7.17. The Kier molecular flexibility index (Phi) is 5.12. The van der Waals surface area contributed by atoms with Crippen LogP contribution in [0.3, 0.4) is 0 Å². The molecule has 148 valence electrons. The van der Waals surface area contributed by atoms with E-state index in [-0.39, 0.29) is 11.9 Å². The van der Waals surface area contributed by atoms with Gasteiger partial charge in [0.25, 0.3) is 5.91 Å². The molecule has 4 rings (SSSR count). The molecule has 7 nitrogen and oxygen atoms in total. The molecular weight excluding hydrogens is 368 g/mol. The van der Waals surface area contributed by atoms with Gasteiger partial charge in [-0.15, -0.1) is 10.2 Å². The molecule has 0 N–H and O–H groups in total. The third kappa shape index (κ3) is 3.76. The third-order valence-electron chi connectivity index (χ3n) is 5.12. The molecule has 1 aliphatic heterocycles. The number of hydrogen-bond acceptors (Lipinski definition) is 5. The molecule has 2 heterocycles. The van der Waals surface area contributed by atoms with Crippen LogP contribution in [0.4, 0.5) is 0 Å². The van der Waals surface area contributed by atoms with Gasteiger partial charge in [-0.25, -0.2) is 4.79 Å². The number of amides is 1. The summed E-state index contributed by atoms with van der Waals surface area (Å²) in [7, 11) is 1.32. The summed E-state index contributed by atoms with van der Waals surface area (Å²) in [5, 5.41) is 8.71. The van der Waals surface area contributed by atoms with Gasteiger partial charge in [0.1, 0.15) is 5.82 Å². The lowest BCUT2D eigenvalue weighted by Gasteiger charge is -2.32. The Morgan fingerprint density at radius 2 is 1.83 bits per heavy atom.